The Morgan fingerprint density at radius 3 is 2.32 bits per heavy atom. The largest absolute Gasteiger partial charge is 0.457 e. The zero-order valence-corrected chi connectivity index (χ0v) is 14.9. The van der Waals surface area contributed by atoms with Crippen LogP contribution < -0.4 is 10.5 Å². The molecule has 0 bridgehead atoms. The summed E-state index contributed by atoms with van der Waals surface area (Å²) < 4.78 is 5.86. The van der Waals surface area contributed by atoms with Crippen LogP contribution in [0.15, 0.2) is 54.6 Å². The van der Waals surface area contributed by atoms with Gasteiger partial charge in [-0.1, -0.05) is 29.3 Å². The van der Waals surface area contributed by atoms with Crippen molar-refractivity contribution in [2.45, 2.75) is 6.92 Å². The predicted molar refractivity (Wildman–Crippen MR) is 102 cm³/mol. The molecule has 2 N–H and O–H groups in total. The molecule has 3 aromatic rings. The quantitative estimate of drug-likeness (QED) is 0.558. The van der Waals surface area contributed by atoms with Crippen LogP contribution in [0.25, 0.3) is 11.1 Å². The van der Waals surface area contributed by atoms with Crippen molar-refractivity contribution in [2.24, 2.45) is 0 Å². The van der Waals surface area contributed by atoms with Gasteiger partial charge in [-0.2, -0.15) is 5.26 Å². The van der Waals surface area contributed by atoms with Crippen molar-refractivity contribution in [3.8, 4) is 28.7 Å². The van der Waals surface area contributed by atoms with Crippen LogP contribution in [-0.4, -0.2) is 0 Å². The smallest absolute Gasteiger partial charge is 0.129 e. The third-order valence-corrected chi connectivity index (χ3v) is 4.31. The number of nitrogens with two attached hydrogens (primary N) is 1. The van der Waals surface area contributed by atoms with E-state index in [1.54, 1.807) is 36.4 Å². The van der Waals surface area contributed by atoms with Crippen LogP contribution in [0.1, 0.15) is 11.1 Å². The number of rotatable bonds is 3. The van der Waals surface area contributed by atoms with Gasteiger partial charge in [0.15, 0.2) is 0 Å². The van der Waals surface area contributed by atoms with Gasteiger partial charge >= 0.3 is 0 Å². The molecule has 0 fully saturated rings. The van der Waals surface area contributed by atoms with E-state index in [0.29, 0.717) is 32.8 Å². The first-order valence-electron chi connectivity index (χ1n) is 7.51. The third-order valence-electron chi connectivity index (χ3n) is 3.84. The molecule has 0 heterocycles. The van der Waals surface area contributed by atoms with Crippen molar-refractivity contribution in [1.29, 1.82) is 5.26 Å². The molecule has 0 atom stereocenters. The van der Waals surface area contributed by atoms with Gasteiger partial charge in [-0.3, -0.25) is 0 Å². The number of nitrogens with zero attached hydrogens (tertiary/aromatic N) is 1. The summed E-state index contributed by atoms with van der Waals surface area (Å²) in [5, 5.41) is 10.5. The van der Waals surface area contributed by atoms with E-state index in [0.717, 1.165) is 16.7 Å². The highest BCUT2D eigenvalue weighted by molar-refractivity contribution is 6.31. The van der Waals surface area contributed by atoms with E-state index in [9.17, 15) is 5.26 Å². The molecule has 0 unspecified atom stereocenters. The average molecular weight is 369 g/mol. The lowest BCUT2D eigenvalue weighted by Gasteiger charge is -2.12. The first-order chi connectivity index (χ1) is 12.0. The maximum Gasteiger partial charge on any atom is 0.129 e. The van der Waals surface area contributed by atoms with Crippen molar-refractivity contribution < 1.29 is 4.74 Å². The minimum atomic E-state index is 0.461. The third kappa shape index (κ3) is 3.71. The molecule has 0 aliphatic heterocycles. The molecule has 0 aliphatic rings. The van der Waals surface area contributed by atoms with E-state index < -0.39 is 0 Å². The van der Waals surface area contributed by atoms with Crippen LogP contribution in [0.2, 0.25) is 10.0 Å². The van der Waals surface area contributed by atoms with Gasteiger partial charge in [0.05, 0.1) is 5.56 Å². The van der Waals surface area contributed by atoms with Gasteiger partial charge in [-0.05, 0) is 72.1 Å². The number of benzene rings is 3. The van der Waals surface area contributed by atoms with E-state index in [4.69, 9.17) is 33.7 Å². The summed E-state index contributed by atoms with van der Waals surface area (Å²) in [5.41, 5.74) is 9.34. The van der Waals surface area contributed by atoms with Crippen molar-refractivity contribution in [3.05, 3.63) is 75.8 Å². The predicted octanol–water partition coefficient (Wildman–Crippen LogP) is 6.22. The summed E-state index contributed by atoms with van der Waals surface area (Å²) >= 11 is 12.1. The summed E-state index contributed by atoms with van der Waals surface area (Å²) in [6.45, 7) is 1.87. The van der Waals surface area contributed by atoms with Gasteiger partial charge in [0.1, 0.15) is 17.6 Å². The van der Waals surface area contributed by atoms with E-state index in [2.05, 4.69) is 6.07 Å². The fraction of sp³-hybridized carbons (Fsp3) is 0.0500. The zero-order chi connectivity index (χ0) is 18.0. The molecular formula is C20H14Cl2N2O. The van der Waals surface area contributed by atoms with Crippen molar-refractivity contribution >= 4 is 28.9 Å². The Bertz CT molecular complexity index is 976. The molecular weight excluding hydrogens is 355 g/mol. The number of halogens is 2. The van der Waals surface area contributed by atoms with Crippen LogP contribution in [0.4, 0.5) is 5.69 Å². The van der Waals surface area contributed by atoms with Crippen LogP contribution in [0.3, 0.4) is 0 Å². The maximum absolute atomic E-state index is 9.31. The number of anilines is 1. The fourth-order valence-corrected chi connectivity index (χ4v) is 2.96. The number of nitriles is 1. The van der Waals surface area contributed by atoms with Crippen LogP contribution in [-0.2, 0) is 0 Å². The first-order valence-corrected chi connectivity index (χ1v) is 8.27. The van der Waals surface area contributed by atoms with Crippen LogP contribution in [0.5, 0.6) is 11.5 Å². The molecule has 0 aromatic heterocycles. The van der Waals surface area contributed by atoms with E-state index >= 15 is 0 Å². The molecule has 0 radical (unpaired) electrons. The molecule has 0 aliphatic carbocycles. The molecule has 0 amide bonds. The molecule has 3 aromatic carbocycles. The Kier molecular flexibility index (Phi) is 4.85. The number of hydrogen-bond donors (Lipinski definition) is 1. The second-order valence-corrected chi connectivity index (χ2v) is 6.42. The minimum absolute atomic E-state index is 0.461. The topological polar surface area (TPSA) is 59.0 Å². The highest BCUT2D eigenvalue weighted by Crippen LogP contribution is 2.34. The summed E-state index contributed by atoms with van der Waals surface area (Å²) in [6, 6.07) is 18.3. The molecule has 25 heavy (non-hydrogen) atoms. The highest BCUT2D eigenvalue weighted by Gasteiger charge is 2.11. The van der Waals surface area contributed by atoms with Gasteiger partial charge < -0.3 is 10.5 Å². The highest BCUT2D eigenvalue weighted by atomic mass is 35.5. The number of hydrogen-bond acceptors (Lipinski definition) is 3. The second-order valence-electron chi connectivity index (χ2n) is 5.55. The molecule has 3 nitrogen and oxygen atoms in total. The first kappa shape index (κ1) is 17.2. The van der Waals surface area contributed by atoms with Crippen LogP contribution >= 0.6 is 23.2 Å². The molecule has 0 saturated heterocycles. The van der Waals surface area contributed by atoms with Crippen LogP contribution in [0, 0.1) is 18.3 Å². The van der Waals surface area contributed by atoms with E-state index in [1.807, 2.05) is 25.1 Å². The molecule has 3 rings (SSSR count). The van der Waals surface area contributed by atoms with Gasteiger partial charge in [0.25, 0.3) is 0 Å². The Morgan fingerprint density at radius 1 is 0.920 bits per heavy atom. The molecule has 124 valence electrons. The van der Waals surface area contributed by atoms with E-state index in [1.165, 1.54) is 0 Å². The molecule has 0 saturated carbocycles. The maximum atomic E-state index is 9.31. The fourth-order valence-electron chi connectivity index (χ4n) is 2.61. The lowest BCUT2D eigenvalue weighted by Crippen LogP contribution is -1.96. The second kappa shape index (κ2) is 7.06. The van der Waals surface area contributed by atoms with Gasteiger partial charge in [0, 0.05) is 15.7 Å². The SMILES string of the molecule is Cc1c(-c2cc(Cl)cc(Oc3ccc(Cl)cc3)c2)ccc(N)c1C#N. The van der Waals surface area contributed by atoms with Gasteiger partial charge in [-0.25, -0.2) is 0 Å². The molecule has 5 heteroatoms. The Hall–Kier alpha value is -2.67. The Morgan fingerprint density at radius 2 is 1.64 bits per heavy atom. The average Bonchev–Trinajstić information content (AvgIpc) is 2.57. The van der Waals surface area contributed by atoms with E-state index in [-0.39, 0.29) is 0 Å². The lowest BCUT2D eigenvalue weighted by molar-refractivity contribution is 0.483. The monoisotopic (exact) mass is 368 g/mol. The van der Waals surface area contributed by atoms with Crippen molar-refractivity contribution in [1.82, 2.24) is 0 Å². The van der Waals surface area contributed by atoms with Crippen molar-refractivity contribution in [3.63, 3.8) is 0 Å². The number of ether oxygens (including phenoxy) is 1. The molecule has 0 spiro atoms. The summed E-state index contributed by atoms with van der Waals surface area (Å²) in [4.78, 5) is 0. The van der Waals surface area contributed by atoms with Gasteiger partial charge in [0.2, 0.25) is 0 Å². The summed E-state index contributed by atoms with van der Waals surface area (Å²) in [5.74, 6) is 1.25. The summed E-state index contributed by atoms with van der Waals surface area (Å²) in [6.07, 6.45) is 0. The Balaban J connectivity index is 2.03. The standard InChI is InChI=1S/C20H14Cl2N2O/c1-12-18(6-7-20(24)19(12)11-23)13-8-15(22)10-17(9-13)25-16-4-2-14(21)3-5-16/h2-10H,24H2,1H3. The summed E-state index contributed by atoms with van der Waals surface area (Å²) in [7, 11) is 0. The normalized spacial score (nSPS) is 10.3. The number of nitrogen functional groups attached to an aromatic ring is 1. The zero-order valence-electron chi connectivity index (χ0n) is 13.4. The lowest BCUT2D eigenvalue weighted by atomic mass is 9.95. The van der Waals surface area contributed by atoms with Crippen molar-refractivity contribution in [2.75, 3.05) is 5.73 Å². The Labute approximate surface area is 156 Å². The van der Waals surface area contributed by atoms with Gasteiger partial charge in [-0.15, -0.1) is 0 Å². The minimum Gasteiger partial charge on any atom is -0.457 e.